The number of nitrogens with zero attached hydrogens (tertiary/aromatic N) is 1. The Kier molecular flexibility index (Phi) is 5.03. The minimum atomic E-state index is -0.512. The van der Waals surface area contributed by atoms with E-state index in [4.69, 9.17) is 0 Å². The van der Waals surface area contributed by atoms with Crippen LogP contribution in [-0.2, 0) is 11.3 Å². The molecule has 1 atom stereocenters. The van der Waals surface area contributed by atoms with Crippen LogP contribution in [0.1, 0.15) is 12.5 Å². The minimum Gasteiger partial charge on any atom is -0.351 e. The molecule has 0 radical (unpaired) electrons. The molecule has 110 valence electrons. The second-order valence-corrected chi connectivity index (χ2v) is 4.92. The van der Waals surface area contributed by atoms with Crippen LogP contribution in [0.25, 0.3) is 0 Å². The first-order valence-corrected chi connectivity index (χ1v) is 6.74. The molecule has 2 N–H and O–H groups in total. The predicted octanol–water partition coefficient (Wildman–Crippen LogP) is 0.875. The van der Waals surface area contributed by atoms with Gasteiger partial charge in [-0.15, -0.1) is 0 Å². The fourth-order valence-corrected chi connectivity index (χ4v) is 2.24. The number of amides is 1. The van der Waals surface area contributed by atoms with Gasteiger partial charge in [0.1, 0.15) is 11.6 Å². The Balaban J connectivity index is 1.89. The van der Waals surface area contributed by atoms with Crippen molar-refractivity contribution in [3.05, 3.63) is 35.4 Å². The first-order valence-electron chi connectivity index (χ1n) is 6.74. The third kappa shape index (κ3) is 3.74. The highest BCUT2D eigenvalue weighted by Crippen LogP contribution is 2.09. The number of hydrogen-bond acceptors (Lipinski definition) is 3. The van der Waals surface area contributed by atoms with Gasteiger partial charge in [-0.3, -0.25) is 9.69 Å². The van der Waals surface area contributed by atoms with Crippen LogP contribution in [0.4, 0.5) is 8.78 Å². The van der Waals surface area contributed by atoms with E-state index >= 15 is 0 Å². The van der Waals surface area contributed by atoms with Crippen LogP contribution < -0.4 is 10.6 Å². The van der Waals surface area contributed by atoms with Crippen LogP contribution in [0.15, 0.2) is 18.2 Å². The van der Waals surface area contributed by atoms with E-state index in [1.54, 1.807) is 0 Å². The second-order valence-electron chi connectivity index (χ2n) is 4.92. The molecule has 4 nitrogen and oxygen atoms in total. The maximum atomic E-state index is 13.4. The summed E-state index contributed by atoms with van der Waals surface area (Å²) in [7, 11) is 0. The lowest BCUT2D eigenvalue weighted by molar-refractivity contribution is -0.126. The summed E-state index contributed by atoms with van der Waals surface area (Å²) in [6, 6.07) is 2.96. The summed E-state index contributed by atoms with van der Waals surface area (Å²) in [5.41, 5.74) is 0.158. The van der Waals surface area contributed by atoms with Crippen LogP contribution in [-0.4, -0.2) is 43.0 Å². The van der Waals surface area contributed by atoms with Gasteiger partial charge in [0.2, 0.25) is 5.91 Å². The zero-order valence-electron chi connectivity index (χ0n) is 11.5. The van der Waals surface area contributed by atoms with E-state index in [2.05, 4.69) is 15.5 Å². The molecule has 1 saturated heterocycles. The molecule has 0 aliphatic carbocycles. The van der Waals surface area contributed by atoms with Gasteiger partial charge in [0.05, 0.1) is 6.04 Å². The van der Waals surface area contributed by atoms with Crippen molar-refractivity contribution < 1.29 is 13.6 Å². The van der Waals surface area contributed by atoms with Crippen LogP contribution in [0.5, 0.6) is 0 Å². The molecule has 1 aliphatic rings. The van der Waals surface area contributed by atoms with Crippen LogP contribution in [0.2, 0.25) is 0 Å². The van der Waals surface area contributed by atoms with Crippen molar-refractivity contribution in [2.45, 2.75) is 19.5 Å². The summed E-state index contributed by atoms with van der Waals surface area (Å²) in [5.74, 6) is -1.19. The van der Waals surface area contributed by atoms with Crippen LogP contribution >= 0.6 is 0 Å². The zero-order chi connectivity index (χ0) is 14.5. The maximum absolute atomic E-state index is 13.4. The molecule has 0 bridgehead atoms. The van der Waals surface area contributed by atoms with Crippen molar-refractivity contribution in [3.8, 4) is 0 Å². The van der Waals surface area contributed by atoms with Gasteiger partial charge in [-0.25, -0.2) is 8.78 Å². The van der Waals surface area contributed by atoms with Gasteiger partial charge in [0.15, 0.2) is 0 Å². The van der Waals surface area contributed by atoms with E-state index in [9.17, 15) is 13.6 Å². The molecule has 2 rings (SSSR count). The summed E-state index contributed by atoms with van der Waals surface area (Å²) in [6.45, 7) is 5.15. The Hall–Kier alpha value is -1.53. The fourth-order valence-electron chi connectivity index (χ4n) is 2.24. The molecule has 1 aliphatic heterocycles. The summed E-state index contributed by atoms with van der Waals surface area (Å²) >= 11 is 0. The van der Waals surface area contributed by atoms with Crippen molar-refractivity contribution in [2.24, 2.45) is 0 Å². The monoisotopic (exact) mass is 283 g/mol. The first kappa shape index (κ1) is 14.9. The van der Waals surface area contributed by atoms with Gasteiger partial charge in [-0.1, -0.05) is 0 Å². The number of rotatable bonds is 4. The van der Waals surface area contributed by atoms with E-state index in [0.717, 1.165) is 44.4 Å². The Morgan fingerprint density at radius 1 is 1.40 bits per heavy atom. The highest BCUT2D eigenvalue weighted by molar-refractivity contribution is 5.81. The number of carbonyl (C=O) groups is 1. The van der Waals surface area contributed by atoms with E-state index in [1.807, 2.05) is 6.92 Å². The molecular formula is C14H19F2N3O. The Morgan fingerprint density at radius 2 is 2.10 bits per heavy atom. The van der Waals surface area contributed by atoms with Crippen LogP contribution in [0, 0.1) is 11.6 Å². The lowest BCUT2D eigenvalue weighted by Crippen LogP contribution is -2.52. The van der Waals surface area contributed by atoms with E-state index in [1.165, 1.54) is 0 Å². The molecule has 20 heavy (non-hydrogen) atoms. The SMILES string of the molecule is CC(C(=O)NCc1cc(F)ccc1F)N1CCNCC1. The quantitative estimate of drug-likeness (QED) is 0.862. The average Bonchev–Trinajstić information content (AvgIpc) is 2.48. The molecule has 6 heteroatoms. The number of benzene rings is 1. The Labute approximate surface area is 117 Å². The van der Waals surface area contributed by atoms with Crippen molar-refractivity contribution >= 4 is 5.91 Å². The number of halogens is 2. The van der Waals surface area contributed by atoms with Gasteiger partial charge >= 0.3 is 0 Å². The fraction of sp³-hybridized carbons (Fsp3) is 0.500. The van der Waals surface area contributed by atoms with Gasteiger partial charge in [-0.05, 0) is 25.1 Å². The number of carbonyl (C=O) groups excluding carboxylic acids is 1. The van der Waals surface area contributed by atoms with Crippen molar-refractivity contribution in [3.63, 3.8) is 0 Å². The molecule has 1 unspecified atom stereocenters. The second kappa shape index (κ2) is 6.76. The van der Waals surface area contributed by atoms with Gasteiger partial charge in [0.25, 0.3) is 0 Å². The molecule has 0 spiro atoms. The lowest BCUT2D eigenvalue weighted by Gasteiger charge is -2.31. The Morgan fingerprint density at radius 3 is 2.80 bits per heavy atom. The smallest absolute Gasteiger partial charge is 0.237 e. The van der Waals surface area contributed by atoms with Crippen molar-refractivity contribution in [1.82, 2.24) is 15.5 Å². The largest absolute Gasteiger partial charge is 0.351 e. The summed E-state index contributed by atoms with van der Waals surface area (Å²) < 4.78 is 26.5. The highest BCUT2D eigenvalue weighted by Gasteiger charge is 2.22. The average molecular weight is 283 g/mol. The molecule has 1 amide bonds. The molecule has 1 aromatic carbocycles. The summed E-state index contributed by atoms with van der Waals surface area (Å²) in [4.78, 5) is 14.1. The van der Waals surface area contributed by atoms with Crippen LogP contribution in [0.3, 0.4) is 0 Å². The maximum Gasteiger partial charge on any atom is 0.237 e. The molecule has 0 saturated carbocycles. The first-order chi connectivity index (χ1) is 9.58. The Bertz CT molecular complexity index is 475. The molecular weight excluding hydrogens is 264 g/mol. The van der Waals surface area contributed by atoms with E-state index in [0.29, 0.717) is 0 Å². The van der Waals surface area contributed by atoms with Gasteiger partial charge < -0.3 is 10.6 Å². The van der Waals surface area contributed by atoms with Crippen molar-refractivity contribution in [1.29, 1.82) is 0 Å². The number of nitrogens with one attached hydrogen (secondary N) is 2. The zero-order valence-corrected chi connectivity index (χ0v) is 11.5. The van der Waals surface area contributed by atoms with E-state index < -0.39 is 11.6 Å². The summed E-state index contributed by atoms with van der Waals surface area (Å²) in [6.07, 6.45) is 0. The topological polar surface area (TPSA) is 44.4 Å². The van der Waals surface area contributed by atoms with Crippen molar-refractivity contribution in [2.75, 3.05) is 26.2 Å². The van der Waals surface area contributed by atoms with Gasteiger partial charge in [0, 0.05) is 38.3 Å². The lowest BCUT2D eigenvalue weighted by atomic mass is 10.2. The van der Waals surface area contributed by atoms with Gasteiger partial charge in [-0.2, -0.15) is 0 Å². The number of hydrogen-bond donors (Lipinski definition) is 2. The van der Waals surface area contributed by atoms with E-state index in [-0.39, 0.29) is 24.1 Å². The standard InChI is InChI=1S/C14H19F2N3O/c1-10(19-6-4-17-5-7-19)14(20)18-9-11-8-12(15)2-3-13(11)16/h2-3,8,10,17H,4-7,9H2,1H3,(H,18,20). The predicted molar refractivity (Wildman–Crippen MR) is 72.1 cm³/mol. The third-order valence-corrected chi connectivity index (χ3v) is 3.54. The molecule has 1 aromatic rings. The minimum absolute atomic E-state index is 0.00113. The third-order valence-electron chi connectivity index (χ3n) is 3.54. The molecule has 1 fully saturated rings. The highest BCUT2D eigenvalue weighted by atomic mass is 19.1. The normalized spacial score (nSPS) is 17.8. The molecule has 1 heterocycles. The molecule has 0 aromatic heterocycles. The summed E-state index contributed by atoms with van der Waals surface area (Å²) in [5, 5.41) is 5.87. The number of piperazine rings is 1.